The molecule has 0 saturated heterocycles. The Morgan fingerprint density at radius 1 is 1.56 bits per heavy atom. The molecule has 2 nitrogen and oxygen atoms in total. The summed E-state index contributed by atoms with van der Waals surface area (Å²) in [5.74, 6) is 4.16. The van der Waals surface area contributed by atoms with Gasteiger partial charge in [-0.15, -0.1) is 0 Å². The standard InChI is InChI=1S/C12H10ClFO2/c1-8-6-9(11(14)7-10(8)13)4-3-5-12(15)16-2/h6-7H,5H2,1-2H3. The minimum absolute atomic E-state index is 0.0579. The van der Waals surface area contributed by atoms with E-state index in [1.165, 1.54) is 13.2 Å². The van der Waals surface area contributed by atoms with Crippen LogP contribution in [0.4, 0.5) is 4.39 Å². The van der Waals surface area contributed by atoms with Crippen LogP contribution in [-0.4, -0.2) is 13.1 Å². The zero-order valence-corrected chi connectivity index (χ0v) is 9.69. The van der Waals surface area contributed by atoms with Gasteiger partial charge in [0.05, 0.1) is 12.7 Å². The van der Waals surface area contributed by atoms with E-state index in [9.17, 15) is 9.18 Å². The SMILES string of the molecule is COC(=O)CC#Cc1cc(C)c(Cl)cc1F. The normalized spacial score (nSPS) is 9.25. The van der Waals surface area contributed by atoms with E-state index in [1.807, 2.05) is 0 Å². The average Bonchev–Trinajstić information content (AvgIpc) is 2.25. The summed E-state index contributed by atoms with van der Waals surface area (Å²) < 4.78 is 17.7. The van der Waals surface area contributed by atoms with E-state index in [0.717, 1.165) is 5.56 Å². The van der Waals surface area contributed by atoms with Gasteiger partial charge in [-0.05, 0) is 24.6 Å². The van der Waals surface area contributed by atoms with Gasteiger partial charge in [0.15, 0.2) is 0 Å². The van der Waals surface area contributed by atoms with Gasteiger partial charge in [-0.2, -0.15) is 0 Å². The van der Waals surface area contributed by atoms with Crippen molar-refractivity contribution in [3.05, 3.63) is 34.1 Å². The maximum absolute atomic E-state index is 13.3. The van der Waals surface area contributed by atoms with Gasteiger partial charge in [0.1, 0.15) is 12.2 Å². The van der Waals surface area contributed by atoms with Gasteiger partial charge in [-0.1, -0.05) is 23.4 Å². The van der Waals surface area contributed by atoms with E-state index < -0.39 is 11.8 Å². The van der Waals surface area contributed by atoms with Gasteiger partial charge in [0.2, 0.25) is 0 Å². The Labute approximate surface area is 98.4 Å². The molecule has 0 saturated carbocycles. The van der Waals surface area contributed by atoms with Crippen LogP contribution < -0.4 is 0 Å². The van der Waals surface area contributed by atoms with Crippen molar-refractivity contribution >= 4 is 17.6 Å². The third-order valence-corrected chi connectivity index (χ3v) is 2.34. The number of halogens is 2. The second-order valence-electron chi connectivity index (χ2n) is 3.14. The largest absolute Gasteiger partial charge is 0.468 e. The predicted molar refractivity (Wildman–Crippen MR) is 59.7 cm³/mol. The lowest BCUT2D eigenvalue weighted by atomic mass is 10.1. The number of ether oxygens (including phenoxy) is 1. The first-order valence-electron chi connectivity index (χ1n) is 4.56. The molecular formula is C12H10ClFO2. The van der Waals surface area contributed by atoms with Crippen LogP contribution in [0.1, 0.15) is 17.5 Å². The van der Waals surface area contributed by atoms with Gasteiger partial charge in [-0.25, -0.2) is 4.39 Å². The van der Waals surface area contributed by atoms with Gasteiger partial charge in [0.25, 0.3) is 0 Å². The van der Waals surface area contributed by atoms with Gasteiger partial charge < -0.3 is 4.74 Å². The minimum Gasteiger partial charge on any atom is -0.468 e. The summed E-state index contributed by atoms with van der Waals surface area (Å²) in [6.45, 7) is 1.76. The number of methoxy groups -OCH3 is 1. The van der Waals surface area contributed by atoms with Crippen LogP contribution in [0.3, 0.4) is 0 Å². The Morgan fingerprint density at radius 2 is 2.25 bits per heavy atom. The molecule has 0 aliphatic carbocycles. The van der Waals surface area contributed by atoms with Crippen LogP contribution in [0.25, 0.3) is 0 Å². The lowest BCUT2D eigenvalue weighted by molar-refractivity contribution is -0.139. The minimum atomic E-state index is -0.493. The van der Waals surface area contributed by atoms with Crippen molar-refractivity contribution in [1.82, 2.24) is 0 Å². The maximum Gasteiger partial charge on any atom is 0.317 e. The molecular weight excluding hydrogens is 231 g/mol. The lowest BCUT2D eigenvalue weighted by Gasteiger charge is -1.99. The predicted octanol–water partition coefficient (Wildman–Crippen LogP) is 2.70. The van der Waals surface area contributed by atoms with Crippen molar-refractivity contribution in [1.29, 1.82) is 0 Å². The quantitative estimate of drug-likeness (QED) is 0.557. The molecule has 0 radical (unpaired) electrons. The lowest BCUT2D eigenvalue weighted by Crippen LogP contribution is -1.97. The highest BCUT2D eigenvalue weighted by molar-refractivity contribution is 6.31. The first-order valence-corrected chi connectivity index (χ1v) is 4.93. The van der Waals surface area contributed by atoms with Gasteiger partial charge >= 0.3 is 5.97 Å². The Kier molecular flexibility index (Phi) is 4.33. The Hall–Kier alpha value is -1.53. The summed E-state index contributed by atoms with van der Waals surface area (Å²) in [5, 5.41) is 0.357. The molecule has 0 unspecified atom stereocenters. The van der Waals surface area contributed by atoms with Crippen molar-refractivity contribution in [3.8, 4) is 11.8 Å². The summed E-state index contributed by atoms with van der Waals surface area (Å²) >= 11 is 5.73. The molecule has 1 rings (SSSR count). The second-order valence-corrected chi connectivity index (χ2v) is 3.54. The Balaban J connectivity index is 2.89. The summed E-state index contributed by atoms with van der Waals surface area (Å²) in [5.41, 5.74) is 0.969. The maximum atomic E-state index is 13.3. The third kappa shape index (κ3) is 3.25. The summed E-state index contributed by atoms with van der Waals surface area (Å²) in [7, 11) is 1.27. The topological polar surface area (TPSA) is 26.3 Å². The zero-order valence-electron chi connectivity index (χ0n) is 8.93. The molecule has 1 aromatic rings. The molecule has 4 heteroatoms. The molecule has 0 spiro atoms. The second kappa shape index (κ2) is 5.53. The van der Waals surface area contributed by atoms with Gasteiger partial charge in [-0.3, -0.25) is 4.79 Å². The fourth-order valence-electron chi connectivity index (χ4n) is 1.04. The van der Waals surface area contributed by atoms with Crippen molar-refractivity contribution in [2.24, 2.45) is 0 Å². The van der Waals surface area contributed by atoms with Crippen LogP contribution in [0.5, 0.6) is 0 Å². The van der Waals surface area contributed by atoms with Crippen molar-refractivity contribution in [2.75, 3.05) is 7.11 Å². The van der Waals surface area contributed by atoms with E-state index in [2.05, 4.69) is 16.6 Å². The van der Waals surface area contributed by atoms with Crippen LogP contribution in [0.2, 0.25) is 5.02 Å². The highest BCUT2D eigenvalue weighted by atomic mass is 35.5. The molecule has 84 valence electrons. The number of esters is 1. The molecule has 0 amide bonds. The highest BCUT2D eigenvalue weighted by Crippen LogP contribution is 2.19. The summed E-state index contributed by atoms with van der Waals surface area (Å²) in [4.78, 5) is 10.8. The van der Waals surface area contributed by atoms with E-state index >= 15 is 0 Å². The van der Waals surface area contributed by atoms with Gasteiger partial charge in [0, 0.05) is 5.02 Å². The van der Waals surface area contributed by atoms with Crippen LogP contribution in [0.15, 0.2) is 12.1 Å². The fourth-order valence-corrected chi connectivity index (χ4v) is 1.19. The molecule has 16 heavy (non-hydrogen) atoms. The van der Waals surface area contributed by atoms with E-state index in [4.69, 9.17) is 11.6 Å². The Bertz CT molecular complexity index is 472. The Morgan fingerprint density at radius 3 is 2.88 bits per heavy atom. The summed E-state index contributed by atoms with van der Waals surface area (Å²) in [6.07, 6.45) is -0.0579. The molecule has 0 aliphatic heterocycles. The van der Waals surface area contributed by atoms with Crippen LogP contribution in [0, 0.1) is 24.6 Å². The number of carbonyl (C=O) groups is 1. The first-order chi connectivity index (χ1) is 7.54. The van der Waals surface area contributed by atoms with Crippen LogP contribution in [-0.2, 0) is 9.53 Å². The van der Waals surface area contributed by atoms with Crippen LogP contribution >= 0.6 is 11.6 Å². The smallest absolute Gasteiger partial charge is 0.317 e. The number of hydrogen-bond donors (Lipinski definition) is 0. The number of carbonyl (C=O) groups excluding carboxylic acids is 1. The number of aryl methyl sites for hydroxylation is 1. The summed E-state index contributed by atoms with van der Waals surface area (Å²) in [6, 6.07) is 2.75. The molecule has 0 bridgehead atoms. The van der Waals surface area contributed by atoms with Crippen molar-refractivity contribution in [2.45, 2.75) is 13.3 Å². The van der Waals surface area contributed by atoms with Crippen molar-refractivity contribution in [3.63, 3.8) is 0 Å². The molecule has 0 heterocycles. The van der Waals surface area contributed by atoms with E-state index in [1.54, 1.807) is 13.0 Å². The first kappa shape index (κ1) is 12.5. The molecule has 0 aliphatic rings. The number of benzene rings is 1. The van der Waals surface area contributed by atoms with Crippen molar-refractivity contribution < 1.29 is 13.9 Å². The number of hydrogen-bond acceptors (Lipinski definition) is 2. The molecule has 0 atom stereocenters. The van der Waals surface area contributed by atoms with E-state index in [0.29, 0.717) is 5.02 Å². The monoisotopic (exact) mass is 240 g/mol. The molecule has 0 fully saturated rings. The highest BCUT2D eigenvalue weighted by Gasteiger charge is 2.03. The average molecular weight is 241 g/mol. The molecule has 0 N–H and O–H groups in total. The fraction of sp³-hybridized carbons (Fsp3) is 0.250. The van der Waals surface area contributed by atoms with E-state index in [-0.39, 0.29) is 12.0 Å². The zero-order chi connectivity index (χ0) is 12.1. The third-order valence-electron chi connectivity index (χ3n) is 1.93. The number of rotatable bonds is 1. The molecule has 1 aromatic carbocycles. The molecule has 0 aromatic heterocycles.